The van der Waals surface area contributed by atoms with Crippen LogP contribution in [0.25, 0.3) is 0 Å². The smallest absolute Gasteiger partial charge is 0.326 e. The first kappa shape index (κ1) is 15.9. The Hall–Kier alpha value is -1.46. The number of nitrogens with zero attached hydrogens (tertiary/aromatic N) is 2. The highest BCUT2D eigenvalue weighted by Gasteiger charge is 2.27. The summed E-state index contributed by atoms with van der Waals surface area (Å²) in [5, 5.41) is 13.1. The molecule has 9 heteroatoms. The first-order valence-corrected chi connectivity index (χ1v) is 8.35. The second kappa shape index (κ2) is 6.12. The van der Waals surface area contributed by atoms with Crippen molar-refractivity contribution in [2.75, 3.05) is 0 Å². The molecule has 1 aromatic carbocycles. The predicted molar refractivity (Wildman–Crippen MR) is 83.1 cm³/mol. The number of aromatic nitrogens is 2. The van der Waals surface area contributed by atoms with Crippen LogP contribution in [0.3, 0.4) is 0 Å². The molecule has 0 fully saturated rings. The van der Waals surface area contributed by atoms with Crippen molar-refractivity contribution in [3.05, 3.63) is 45.8 Å². The zero-order chi connectivity index (χ0) is 15.6. The molecule has 0 saturated carbocycles. The summed E-state index contributed by atoms with van der Waals surface area (Å²) in [6.07, 6.45) is 2.77. The van der Waals surface area contributed by atoms with Gasteiger partial charge in [-0.3, -0.25) is 9.48 Å². The number of rotatable bonds is 5. The van der Waals surface area contributed by atoms with Gasteiger partial charge in [0.1, 0.15) is 6.04 Å². The van der Waals surface area contributed by atoms with Crippen LogP contribution in [0.4, 0.5) is 0 Å². The monoisotopic (exact) mass is 421 g/mol. The molecule has 0 saturated heterocycles. The topological polar surface area (TPSA) is 101 Å². The van der Waals surface area contributed by atoms with Crippen LogP contribution in [0.2, 0.25) is 0 Å². The summed E-state index contributed by atoms with van der Waals surface area (Å²) in [6, 6.07) is 4.73. The van der Waals surface area contributed by atoms with Crippen LogP contribution in [0.5, 0.6) is 0 Å². The number of carbonyl (C=O) groups is 1. The predicted octanol–water partition coefficient (Wildman–Crippen LogP) is 1.13. The van der Waals surface area contributed by atoms with Crippen molar-refractivity contribution < 1.29 is 18.3 Å². The van der Waals surface area contributed by atoms with Crippen molar-refractivity contribution >= 4 is 38.6 Å². The molecule has 1 aromatic heterocycles. The van der Waals surface area contributed by atoms with E-state index in [4.69, 9.17) is 0 Å². The Morgan fingerprint density at radius 2 is 2.00 bits per heavy atom. The van der Waals surface area contributed by atoms with Gasteiger partial charge < -0.3 is 5.11 Å². The zero-order valence-corrected chi connectivity index (χ0v) is 13.9. The van der Waals surface area contributed by atoms with Gasteiger partial charge in [0.05, 0.1) is 11.1 Å². The Kier molecular flexibility index (Phi) is 4.64. The van der Waals surface area contributed by atoms with E-state index >= 15 is 0 Å². The molecule has 1 heterocycles. The van der Waals surface area contributed by atoms with Gasteiger partial charge in [-0.2, -0.15) is 9.82 Å². The van der Waals surface area contributed by atoms with Gasteiger partial charge in [0.2, 0.25) is 10.0 Å². The number of benzene rings is 1. The maximum Gasteiger partial charge on any atom is 0.326 e. The van der Waals surface area contributed by atoms with Crippen LogP contribution in [0, 0.1) is 3.57 Å². The van der Waals surface area contributed by atoms with Crippen molar-refractivity contribution in [1.82, 2.24) is 14.5 Å². The van der Waals surface area contributed by atoms with Crippen molar-refractivity contribution in [1.29, 1.82) is 0 Å². The molecular formula is C12H12IN3O4S. The normalized spacial score (nSPS) is 13.0. The Balaban J connectivity index is 2.32. The first-order valence-electron chi connectivity index (χ1n) is 5.79. The number of hydrogen-bond donors (Lipinski definition) is 2. The third-order valence-electron chi connectivity index (χ3n) is 2.70. The molecule has 2 N–H and O–H groups in total. The molecule has 0 radical (unpaired) electrons. The number of aryl methyl sites for hydroxylation is 1. The minimum absolute atomic E-state index is 0.0121. The number of carboxylic acids is 1. The number of hydrogen-bond acceptors (Lipinski definition) is 4. The van der Waals surface area contributed by atoms with Gasteiger partial charge in [0.15, 0.2) is 0 Å². The van der Waals surface area contributed by atoms with E-state index < -0.39 is 22.0 Å². The number of aliphatic carboxylic acids is 1. The maximum absolute atomic E-state index is 12.2. The molecule has 7 nitrogen and oxygen atoms in total. The van der Waals surface area contributed by atoms with E-state index in [1.54, 1.807) is 19.2 Å². The Labute approximate surface area is 135 Å². The summed E-state index contributed by atoms with van der Waals surface area (Å²) in [5.41, 5.74) is 0.263. The number of halogens is 1. The van der Waals surface area contributed by atoms with Gasteiger partial charge >= 0.3 is 5.97 Å². The lowest BCUT2D eigenvalue weighted by molar-refractivity contribution is -0.139. The Bertz CT molecular complexity index is 755. The van der Waals surface area contributed by atoms with Crippen molar-refractivity contribution in [2.45, 2.75) is 10.9 Å². The fourth-order valence-corrected chi connectivity index (χ4v) is 3.22. The lowest BCUT2D eigenvalue weighted by Crippen LogP contribution is -2.33. The average molecular weight is 421 g/mol. The van der Waals surface area contributed by atoms with E-state index in [9.17, 15) is 18.3 Å². The average Bonchev–Trinajstić information content (AvgIpc) is 2.82. The number of sulfonamides is 1. The van der Waals surface area contributed by atoms with Crippen LogP contribution in [0.15, 0.2) is 41.6 Å². The highest BCUT2D eigenvalue weighted by Crippen LogP contribution is 2.18. The van der Waals surface area contributed by atoms with Crippen molar-refractivity contribution in [3.63, 3.8) is 0 Å². The summed E-state index contributed by atoms with van der Waals surface area (Å²) >= 11 is 2.05. The fourth-order valence-electron chi connectivity index (χ4n) is 1.69. The second-order valence-electron chi connectivity index (χ2n) is 4.29. The van der Waals surface area contributed by atoms with Crippen LogP contribution in [-0.4, -0.2) is 29.3 Å². The molecule has 0 aliphatic rings. The third kappa shape index (κ3) is 3.80. The molecule has 21 heavy (non-hydrogen) atoms. The summed E-state index contributed by atoms with van der Waals surface area (Å²) in [7, 11) is -2.31. The third-order valence-corrected chi connectivity index (χ3v) is 4.86. The summed E-state index contributed by atoms with van der Waals surface area (Å²) in [4.78, 5) is 11.3. The van der Waals surface area contributed by atoms with E-state index in [1.807, 2.05) is 0 Å². The summed E-state index contributed by atoms with van der Waals surface area (Å²) in [5.74, 6) is -1.29. The highest BCUT2D eigenvalue weighted by atomic mass is 127. The fraction of sp³-hybridized carbons (Fsp3) is 0.167. The second-order valence-corrected chi connectivity index (χ2v) is 7.25. The van der Waals surface area contributed by atoms with Crippen LogP contribution in [0.1, 0.15) is 11.6 Å². The lowest BCUT2D eigenvalue weighted by atomic mass is 10.2. The number of nitrogens with one attached hydrogen (secondary N) is 1. The van der Waals surface area contributed by atoms with Gasteiger partial charge in [-0.15, -0.1) is 0 Å². The quantitative estimate of drug-likeness (QED) is 0.705. The number of carboxylic acid groups (broad SMARTS) is 1. The lowest BCUT2D eigenvalue weighted by Gasteiger charge is -2.13. The molecule has 2 rings (SSSR count). The minimum Gasteiger partial charge on any atom is -0.480 e. The zero-order valence-electron chi connectivity index (χ0n) is 10.9. The SMILES string of the molecule is Cn1cc(C(NS(=O)(=O)c2ccc(I)cc2)C(=O)O)cn1. The molecule has 2 aromatic rings. The van der Waals surface area contributed by atoms with E-state index in [0.29, 0.717) is 0 Å². The summed E-state index contributed by atoms with van der Waals surface area (Å²) < 4.78 is 28.9. The van der Waals surface area contributed by atoms with Crippen molar-refractivity contribution in [3.8, 4) is 0 Å². The maximum atomic E-state index is 12.2. The van der Waals surface area contributed by atoms with E-state index in [-0.39, 0.29) is 10.5 Å². The van der Waals surface area contributed by atoms with Gasteiger partial charge in [-0.05, 0) is 46.9 Å². The first-order chi connectivity index (χ1) is 9.79. The molecule has 0 amide bonds. The van der Waals surface area contributed by atoms with Crippen LogP contribution in [-0.2, 0) is 21.9 Å². The largest absolute Gasteiger partial charge is 0.480 e. The Morgan fingerprint density at radius 1 is 1.38 bits per heavy atom. The molecule has 0 bridgehead atoms. The molecule has 0 aliphatic heterocycles. The van der Waals surface area contributed by atoms with Gasteiger partial charge in [0.25, 0.3) is 0 Å². The molecule has 0 spiro atoms. The minimum atomic E-state index is -3.93. The molecular weight excluding hydrogens is 409 g/mol. The standard InChI is InChI=1S/C12H12IN3O4S/c1-16-7-8(6-14-16)11(12(17)18)15-21(19,20)10-4-2-9(13)3-5-10/h2-7,11,15H,1H3,(H,17,18). The van der Waals surface area contributed by atoms with Gasteiger partial charge in [0, 0.05) is 22.4 Å². The Morgan fingerprint density at radius 3 is 2.48 bits per heavy atom. The van der Waals surface area contributed by atoms with Gasteiger partial charge in [-0.25, -0.2) is 8.42 Å². The molecule has 1 atom stereocenters. The van der Waals surface area contributed by atoms with E-state index in [2.05, 4.69) is 32.4 Å². The van der Waals surface area contributed by atoms with Crippen LogP contribution < -0.4 is 4.72 Å². The van der Waals surface area contributed by atoms with Crippen LogP contribution >= 0.6 is 22.6 Å². The molecule has 0 aliphatic carbocycles. The van der Waals surface area contributed by atoms with Crippen molar-refractivity contribution in [2.24, 2.45) is 7.05 Å². The molecule has 1 unspecified atom stereocenters. The van der Waals surface area contributed by atoms with Gasteiger partial charge in [-0.1, -0.05) is 0 Å². The highest BCUT2D eigenvalue weighted by molar-refractivity contribution is 14.1. The molecule has 112 valence electrons. The van der Waals surface area contributed by atoms with E-state index in [0.717, 1.165) is 3.57 Å². The van der Waals surface area contributed by atoms with E-state index in [1.165, 1.54) is 29.2 Å². The summed E-state index contributed by atoms with van der Waals surface area (Å²) in [6.45, 7) is 0.